The maximum absolute atomic E-state index is 12.8. The van der Waals surface area contributed by atoms with Gasteiger partial charge in [-0.05, 0) is 43.0 Å². The van der Waals surface area contributed by atoms with Gasteiger partial charge in [-0.15, -0.1) is 0 Å². The van der Waals surface area contributed by atoms with Gasteiger partial charge in [-0.1, -0.05) is 25.5 Å². The molecule has 1 unspecified atom stereocenters. The summed E-state index contributed by atoms with van der Waals surface area (Å²) >= 11 is 0. The maximum Gasteiger partial charge on any atom is 0.151 e. The third-order valence-corrected chi connectivity index (χ3v) is 3.89. The minimum Gasteiger partial charge on any atom is -0.298 e. The Balaban J connectivity index is 1.82. The van der Waals surface area contributed by atoms with Gasteiger partial charge < -0.3 is 0 Å². The second kappa shape index (κ2) is 6.80. The molecule has 0 saturated carbocycles. The Morgan fingerprint density at radius 3 is 2.79 bits per heavy atom. The summed E-state index contributed by atoms with van der Waals surface area (Å²) in [5, 5.41) is 0. The van der Waals surface area contributed by atoms with Crippen molar-refractivity contribution in [3.63, 3.8) is 0 Å². The summed E-state index contributed by atoms with van der Waals surface area (Å²) < 4.78 is 12.8. The van der Waals surface area contributed by atoms with Crippen molar-refractivity contribution in [3.05, 3.63) is 35.6 Å². The molecule has 0 amide bonds. The van der Waals surface area contributed by atoms with E-state index in [-0.39, 0.29) is 11.6 Å². The summed E-state index contributed by atoms with van der Waals surface area (Å²) in [5.41, 5.74) is 0.899. The Morgan fingerprint density at radius 2 is 2.11 bits per heavy atom. The predicted molar refractivity (Wildman–Crippen MR) is 74.6 cm³/mol. The average molecular weight is 263 g/mol. The van der Waals surface area contributed by atoms with Gasteiger partial charge in [0.15, 0.2) is 5.78 Å². The second-order valence-corrected chi connectivity index (χ2v) is 5.49. The van der Waals surface area contributed by atoms with Crippen molar-refractivity contribution in [2.45, 2.75) is 32.6 Å². The summed E-state index contributed by atoms with van der Waals surface area (Å²) in [6.45, 7) is 4.83. The standard InChI is InChI=1S/C16H22FNO/c1-2-13-4-3-9-18(11-13)12-16(19)10-14-5-7-15(17)8-6-14/h5-8,13H,2-4,9-12H2,1H3. The molecule has 2 nitrogen and oxygen atoms in total. The Morgan fingerprint density at radius 1 is 1.37 bits per heavy atom. The number of carbonyl (C=O) groups excluding carboxylic acids is 1. The molecule has 0 spiro atoms. The molecule has 1 fully saturated rings. The van der Waals surface area contributed by atoms with Gasteiger partial charge in [0, 0.05) is 13.0 Å². The Hall–Kier alpha value is -1.22. The highest BCUT2D eigenvalue weighted by Gasteiger charge is 2.20. The van der Waals surface area contributed by atoms with Gasteiger partial charge in [0.25, 0.3) is 0 Å². The number of ketones is 1. The van der Waals surface area contributed by atoms with Crippen LogP contribution in [0.25, 0.3) is 0 Å². The largest absolute Gasteiger partial charge is 0.298 e. The zero-order valence-electron chi connectivity index (χ0n) is 11.6. The van der Waals surface area contributed by atoms with Crippen LogP contribution in [-0.2, 0) is 11.2 Å². The first-order valence-corrected chi connectivity index (χ1v) is 7.16. The maximum atomic E-state index is 12.8. The molecule has 0 bridgehead atoms. The highest BCUT2D eigenvalue weighted by molar-refractivity contribution is 5.82. The summed E-state index contributed by atoms with van der Waals surface area (Å²) in [5.74, 6) is 0.716. The fourth-order valence-electron chi connectivity index (χ4n) is 2.76. The molecule has 1 aromatic carbocycles. The third-order valence-electron chi connectivity index (χ3n) is 3.89. The molecule has 1 aromatic rings. The SMILES string of the molecule is CCC1CCCN(CC(=O)Cc2ccc(F)cc2)C1. The van der Waals surface area contributed by atoms with Gasteiger partial charge in [0.2, 0.25) is 0 Å². The number of carbonyl (C=O) groups is 1. The van der Waals surface area contributed by atoms with E-state index < -0.39 is 0 Å². The van der Waals surface area contributed by atoms with Crippen LogP contribution in [0.5, 0.6) is 0 Å². The van der Waals surface area contributed by atoms with Crippen molar-refractivity contribution in [2.24, 2.45) is 5.92 Å². The average Bonchev–Trinajstić information content (AvgIpc) is 2.41. The van der Waals surface area contributed by atoms with E-state index in [9.17, 15) is 9.18 Å². The molecular weight excluding hydrogens is 241 g/mol. The monoisotopic (exact) mass is 263 g/mol. The molecule has 0 aromatic heterocycles. The van der Waals surface area contributed by atoms with Gasteiger partial charge in [-0.25, -0.2) is 4.39 Å². The van der Waals surface area contributed by atoms with E-state index in [2.05, 4.69) is 11.8 Å². The minimum absolute atomic E-state index is 0.225. The molecule has 0 radical (unpaired) electrons. The summed E-state index contributed by atoms with van der Waals surface area (Å²) in [6.07, 6.45) is 4.09. The van der Waals surface area contributed by atoms with E-state index in [1.165, 1.54) is 31.4 Å². The van der Waals surface area contributed by atoms with Crippen LogP contribution in [0.1, 0.15) is 31.7 Å². The first-order valence-electron chi connectivity index (χ1n) is 7.16. The fourth-order valence-corrected chi connectivity index (χ4v) is 2.76. The molecule has 1 atom stereocenters. The molecule has 1 saturated heterocycles. The Bertz CT molecular complexity index is 415. The number of hydrogen-bond donors (Lipinski definition) is 0. The zero-order valence-corrected chi connectivity index (χ0v) is 11.6. The molecular formula is C16H22FNO. The number of rotatable bonds is 5. The number of halogens is 1. The van der Waals surface area contributed by atoms with E-state index in [1.807, 2.05) is 0 Å². The zero-order chi connectivity index (χ0) is 13.7. The minimum atomic E-state index is -0.252. The van der Waals surface area contributed by atoms with Gasteiger partial charge in [0.1, 0.15) is 5.82 Å². The lowest BCUT2D eigenvalue weighted by atomic mass is 9.95. The summed E-state index contributed by atoms with van der Waals surface area (Å²) in [4.78, 5) is 14.3. The Labute approximate surface area is 114 Å². The first kappa shape index (κ1) is 14.2. The van der Waals surface area contributed by atoms with E-state index in [0.717, 1.165) is 24.6 Å². The smallest absolute Gasteiger partial charge is 0.151 e. The molecule has 2 rings (SSSR count). The van der Waals surface area contributed by atoms with Crippen LogP contribution in [0.2, 0.25) is 0 Å². The lowest BCUT2D eigenvalue weighted by Gasteiger charge is -2.31. The second-order valence-electron chi connectivity index (χ2n) is 5.49. The van der Waals surface area contributed by atoms with Crippen LogP contribution in [0, 0.1) is 11.7 Å². The van der Waals surface area contributed by atoms with Crippen molar-refractivity contribution in [3.8, 4) is 0 Å². The molecule has 0 aliphatic carbocycles. The number of benzene rings is 1. The topological polar surface area (TPSA) is 20.3 Å². The quantitative estimate of drug-likeness (QED) is 0.813. The van der Waals surface area contributed by atoms with Crippen molar-refractivity contribution >= 4 is 5.78 Å². The molecule has 0 N–H and O–H groups in total. The summed E-state index contributed by atoms with van der Waals surface area (Å²) in [7, 11) is 0. The number of nitrogens with zero attached hydrogens (tertiary/aromatic N) is 1. The van der Waals surface area contributed by atoms with E-state index >= 15 is 0 Å². The molecule has 3 heteroatoms. The van der Waals surface area contributed by atoms with Gasteiger partial charge in [-0.3, -0.25) is 9.69 Å². The van der Waals surface area contributed by atoms with Crippen LogP contribution < -0.4 is 0 Å². The van der Waals surface area contributed by atoms with E-state index in [1.54, 1.807) is 12.1 Å². The Kier molecular flexibility index (Phi) is 5.08. The van der Waals surface area contributed by atoms with Crippen LogP contribution >= 0.6 is 0 Å². The van der Waals surface area contributed by atoms with Gasteiger partial charge in [-0.2, -0.15) is 0 Å². The van der Waals surface area contributed by atoms with E-state index in [0.29, 0.717) is 13.0 Å². The first-order chi connectivity index (χ1) is 9.17. The van der Waals surface area contributed by atoms with Gasteiger partial charge >= 0.3 is 0 Å². The van der Waals surface area contributed by atoms with Crippen molar-refractivity contribution in [1.29, 1.82) is 0 Å². The highest BCUT2D eigenvalue weighted by Crippen LogP contribution is 2.19. The predicted octanol–water partition coefficient (Wildman–Crippen LogP) is 3.06. The highest BCUT2D eigenvalue weighted by atomic mass is 19.1. The van der Waals surface area contributed by atoms with Crippen molar-refractivity contribution in [1.82, 2.24) is 4.90 Å². The van der Waals surface area contributed by atoms with Crippen molar-refractivity contribution in [2.75, 3.05) is 19.6 Å². The number of Topliss-reactive ketones (excluding diaryl/α,β-unsaturated/α-hetero) is 1. The van der Waals surface area contributed by atoms with Crippen LogP contribution in [0.15, 0.2) is 24.3 Å². The third kappa shape index (κ3) is 4.43. The normalized spacial score (nSPS) is 20.4. The lowest BCUT2D eigenvalue weighted by Crippen LogP contribution is -2.39. The molecule has 104 valence electrons. The van der Waals surface area contributed by atoms with E-state index in [4.69, 9.17) is 0 Å². The fraction of sp³-hybridized carbons (Fsp3) is 0.562. The molecule has 19 heavy (non-hydrogen) atoms. The number of piperidine rings is 1. The molecule has 1 aliphatic heterocycles. The molecule has 1 heterocycles. The summed E-state index contributed by atoms with van der Waals surface area (Å²) in [6, 6.07) is 6.21. The molecule has 1 aliphatic rings. The number of hydrogen-bond acceptors (Lipinski definition) is 2. The number of likely N-dealkylation sites (tertiary alicyclic amines) is 1. The van der Waals surface area contributed by atoms with Crippen LogP contribution in [0.3, 0.4) is 0 Å². The van der Waals surface area contributed by atoms with Gasteiger partial charge in [0.05, 0.1) is 6.54 Å². The van der Waals surface area contributed by atoms with Crippen LogP contribution in [-0.4, -0.2) is 30.3 Å². The van der Waals surface area contributed by atoms with Crippen molar-refractivity contribution < 1.29 is 9.18 Å². The van der Waals surface area contributed by atoms with Crippen LogP contribution in [0.4, 0.5) is 4.39 Å². The lowest BCUT2D eigenvalue weighted by molar-refractivity contribution is -0.120.